The van der Waals surface area contributed by atoms with Crippen molar-refractivity contribution < 1.29 is 19.5 Å². The molecule has 104 valence electrons. The van der Waals surface area contributed by atoms with E-state index in [1.807, 2.05) is 0 Å². The third-order valence-electron chi connectivity index (χ3n) is 3.37. The summed E-state index contributed by atoms with van der Waals surface area (Å²) in [6.45, 7) is -0.169. The molecule has 1 N–H and O–H groups in total. The van der Waals surface area contributed by atoms with Crippen LogP contribution in [0.15, 0.2) is 60.0 Å². The number of aliphatic carboxylic acids is 1. The number of rotatable bonds is 2. The Hall–Kier alpha value is -2.95. The van der Waals surface area contributed by atoms with E-state index in [-0.39, 0.29) is 23.7 Å². The van der Waals surface area contributed by atoms with Crippen LogP contribution in [0.5, 0.6) is 0 Å². The molecule has 21 heavy (non-hydrogen) atoms. The molecule has 0 radical (unpaired) electrons. The molecule has 3 rings (SSSR count). The fourth-order valence-electron chi connectivity index (χ4n) is 2.40. The fraction of sp³-hybridized carbons (Fsp3) is 0.0625. The van der Waals surface area contributed by atoms with E-state index in [1.165, 1.54) is 4.90 Å². The normalized spacial score (nSPS) is 16.7. The van der Waals surface area contributed by atoms with Crippen LogP contribution in [0.3, 0.4) is 0 Å². The number of fused-ring (bicyclic) bond motifs is 1. The van der Waals surface area contributed by atoms with Crippen molar-refractivity contribution in [2.45, 2.75) is 0 Å². The van der Waals surface area contributed by atoms with Gasteiger partial charge in [-0.25, -0.2) is 0 Å². The second-order valence-electron chi connectivity index (χ2n) is 4.73. The maximum Gasteiger partial charge on any atom is 0.323 e. The first-order chi connectivity index (χ1) is 10.1. The molecule has 2 aliphatic rings. The first kappa shape index (κ1) is 13.1. The van der Waals surface area contributed by atoms with Crippen LogP contribution in [0, 0.1) is 0 Å². The lowest BCUT2D eigenvalue weighted by atomic mass is 10.0. The average Bonchev–Trinajstić information content (AvgIpc) is 2.72. The number of carbonyl (C=O) groups excluding carboxylic acids is 2. The lowest BCUT2D eigenvalue weighted by molar-refractivity contribution is -0.137. The van der Waals surface area contributed by atoms with Gasteiger partial charge in [-0.05, 0) is 17.7 Å². The standard InChI is InChI=1S/C16H11NO4/c18-13(19)9-17-7-5-10(6-8-17)14-15(20)11-3-1-2-4-12(11)16(14)21/h1-8H,9H2,(H,18,19). The molecule has 0 amide bonds. The quantitative estimate of drug-likeness (QED) is 0.660. The van der Waals surface area contributed by atoms with Crippen molar-refractivity contribution in [2.24, 2.45) is 0 Å². The zero-order chi connectivity index (χ0) is 15.0. The SMILES string of the molecule is O=C(O)CN1C=CC(=C2C(=O)c3ccccc3C2=O)C=C1. The molecule has 1 aromatic carbocycles. The number of ketones is 2. The van der Waals surface area contributed by atoms with E-state index in [4.69, 9.17) is 5.11 Å². The van der Waals surface area contributed by atoms with Gasteiger partial charge in [-0.15, -0.1) is 0 Å². The number of carboxylic acid groups (broad SMARTS) is 1. The summed E-state index contributed by atoms with van der Waals surface area (Å²) in [5.41, 5.74) is 1.47. The van der Waals surface area contributed by atoms with E-state index in [2.05, 4.69) is 0 Å². The number of allylic oxidation sites excluding steroid dienone is 4. The van der Waals surface area contributed by atoms with Crippen LogP contribution in [0.2, 0.25) is 0 Å². The molecule has 1 aromatic rings. The Bertz CT molecular complexity index is 702. The van der Waals surface area contributed by atoms with Crippen LogP contribution in [0.1, 0.15) is 20.7 Å². The zero-order valence-corrected chi connectivity index (χ0v) is 10.9. The highest BCUT2D eigenvalue weighted by molar-refractivity contribution is 6.40. The summed E-state index contributed by atoms with van der Waals surface area (Å²) >= 11 is 0. The highest BCUT2D eigenvalue weighted by Gasteiger charge is 2.34. The van der Waals surface area contributed by atoms with Gasteiger partial charge in [-0.2, -0.15) is 0 Å². The fourth-order valence-corrected chi connectivity index (χ4v) is 2.40. The predicted octanol–water partition coefficient (Wildman–Crippen LogP) is 1.79. The van der Waals surface area contributed by atoms with Gasteiger partial charge in [0.1, 0.15) is 6.54 Å². The smallest absolute Gasteiger partial charge is 0.323 e. The predicted molar refractivity (Wildman–Crippen MR) is 74.8 cm³/mol. The molecular weight excluding hydrogens is 270 g/mol. The second-order valence-corrected chi connectivity index (χ2v) is 4.73. The molecule has 0 saturated carbocycles. The lowest BCUT2D eigenvalue weighted by Gasteiger charge is -2.16. The highest BCUT2D eigenvalue weighted by Crippen LogP contribution is 2.30. The van der Waals surface area contributed by atoms with Crippen LogP contribution in [-0.2, 0) is 4.79 Å². The summed E-state index contributed by atoms with van der Waals surface area (Å²) in [6.07, 6.45) is 6.25. The third kappa shape index (κ3) is 2.18. The Labute approximate surface area is 120 Å². The molecule has 5 nitrogen and oxygen atoms in total. The van der Waals surface area contributed by atoms with Gasteiger partial charge in [0.25, 0.3) is 0 Å². The van der Waals surface area contributed by atoms with Crippen molar-refractivity contribution >= 4 is 17.5 Å². The van der Waals surface area contributed by atoms with E-state index < -0.39 is 5.97 Å². The van der Waals surface area contributed by atoms with Gasteiger partial charge in [-0.1, -0.05) is 24.3 Å². The molecule has 0 fully saturated rings. The largest absolute Gasteiger partial charge is 0.480 e. The minimum absolute atomic E-state index is 0.138. The van der Waals surface area contributed by atoms with Gasteiger partial charge in [0.05, 0.1) is 5.57 Å². The molecule has 1 heterocycles. The number of nitrogens with zero attached hydrogens (tertiary/aromatic N) is 1. The number of Topliss-reactive ketones (excluding diaryl/α,β-unsaturated/α-hetero) is 2. The van der Waals surface area contributed by atoms with Gasteiger partial charge in [0.2, 0.25) is 0 Å². The molecule has 0 bridgehead atoms. The topological polar surface area (TPSA) is 74.7 Å². The van der Waals surface area contributed by atoms with Crippen molar-refractivity contribution in [3.63, 3.8) is 0 Å². The van der Waals surface area contributed by atoms with Gasteiger partial charge in [-0.3, -0.25) is 14.4 Å². The van der Waals surface area contributed by atoms with Crippen molar-refractivity contribution in [3.8, 4) is 0 Å². The van der Waals surface area contributed by atoms with Crippen LogP contribution >= 0.6 is 0 Å². The molecule has 0 unspecified atom stereocenters. The first-order valence-electron chi connectivity index (χ1n) is 6.34. The Morgan fingerprint density at radius 2 is 1.52 bits per heavy atom. The number of benzene rings is 1. The monoisotopic (exact) mass is 281 g/mol. The molecule has 1 aliphatic heterocycles. The maximum absolute atomic E-state index is 12.3. The van der Waals surface area contributed by atoms with Crippen LogP contribution in [-0.4, -0.2) is 34.1 Å². The van der Waals surface area contributed by atoms with Crippen LogP contribution in [0.25, 0.3) is 0 Å². The molecular formula is C16H11NO4. The van der Waals surface area contributed by atoms with Crippen LogP contribution < -0.4 is 0 Å². The lowest BCUT2D eigenvalue weighted by Crippen LogP contribution is -2.21. The van der Waals surface area contributed by atoms with Gasteiger partial charge < -0.3 is 10.0 Å². The van der Waals surface area contributed by atoms with Crippen molar-refractivity contribution in [1.29, 1.82) is 0 Å². The molecule has 0 saturated heterocycles. The second kappa shape index (κ2) is 4.86. The van der Waals surface area contributed by atoms with E-state index >= 15 is 0 Å². The summed E-state index contributed by atoms with van der Waals surface area (Å²) in [5, 5.41) is 8.72. The molecule has 5 heteroatoms. The third-order valence-corrected chi connectivity index (χ3v) is 3.37. The number of hydrogen-bond donors (Lipinski definition) is 1. The Morgan fingerprint density at radius 3 is 2.00 bits per heavy atom. The van der Waals surface area contributed by atoms with Crippen LogP contribution in [0.4, 0.5) is 0 Å². The number of carboxylic acids is 1. The number of hydrogen-bond acceptors (Lipinski definition) is 4. The maximum atomic E-state index is 12.3. The molecule has 0 spiro atoms. The Balaban J connectivity index is 1.96. The first-order valence-corrected chi connectivity index (χ1v) is 6.34. The van der Waals surface area contributed by atoms with Crippen molar-refractivity contribution in [2.75, 3.05) is 6.54 Å². The van der Waals surface area contributed by atoms with E-state index in [0.29, 0.717) is 16.7 Å². The van der Waals surface area contributed by atoms with E-state index in [1.54, 1.807) is 48.8 Å². The summed E-state index contributed by atoms with van der Waals surface area (Å²) in [7, 11) is 0. The van der Waals surface area contributed by atoms with Gasteiger partial charge >= 0.3 is 5.97 Å². The number of carbonyl (C=O) groups is 3. The molecule has 1 aliphatic carbocycles. The minimum atomic E-state index is -0.958. The zero-order valence-electron chi connectivity index (χ0n) is 10.9. The summed E-state index contributed by atoms with van der Waals surface area (Å²) < 4.78 is 0. The van der Waals surface area contributed by atoms with Crippen molar-refractivity contribution in [3.05, 3.63) is 71.1 Å². The highest BCUT2D eigenvalue weighted by atomic mass is 16.4. The Morgan fingerprint density at radius 1 is 1.00 bits per heavy atom. The minimum Gasteiger partial charge on any atom is -0.480 e. The molecule has 0 aromatic heterocycles. The van der Waals surface area contributed by atoms with E-state index in [0.717, 1.165) is 0 Å². The van der Waals surface area contributed by atoms with Crippen molar-refractivity contribution in [1.82, 2.24) is 4.90 Å². The summed E-state index contributed by atoms with van der Waals surface area (Å²) in [6, 6.07) is 6.71. The molecule has 0 atom stereocenters. The van der Waals surface area contributed by atoms with Gasteiger partial charge in [0, 0.05) is 23.5 Å². The average molecular weight is 281 g/mol. The Kier molecular flexibility index (Phi) is 3.02. The summed E-state index contributed by atoms with van der Waals surface area (Å²) in [4.78, 5) is 36.7. The van der Waals surface area contributed by atoms with E-state index in [9.17, 15) is 14.4 Å². The summed E-state index contributed by atoms with van der Waals surface area (Å²) in [5.74, 6) is -1.53. The van der Waals surface area contributed by atoms with Gasteiger partial charge in [0.15, 0.2) is 11.6 Å².